The number of nitro benzene ring substituents is 1. The van der Waals surface area contributed by atoms with Crippen molar-refractivity contribution < 1.29 is 18.1 Å². The fourth-order valence-electron chi connectivity index (χ4n) is 2.54. The molecule has 3 rings (SSSR count). The van der Waals surface area contributed by atoms with E-state index in [0.717, 1.165) is 10.4 Å². The van der Waals surface area contributed by atoms with Gasteiger partial charge in [0.15, 0.2) is 0 Å². The summed E-state index contributed by atoms with van der Waals surface area (Å²) in [5.41, 5.74) is -0.0674. The fraction of sp³-hybridized carbons (Fsp3) is 0.133. The molecule has 0 unspecified atom stereocenters. The lowest BCUT2D eigenvalue weighted by Crippen LogP contribution is -2.35. The summed E-state index contributed by atoms with van der Waals surface area (Å²) >= 11 is 5.75. The third-order valence-corrected chi connectivity index (χ3v) is 5.85. The molecule has 0 saturated heterocycles. The van der Waals surface area contributed by atoms with E-state index in [-0.39, 0.29) is 40.2 Å². The van der Waals surface area contributed by atoms with Gasteiger partial charge in [0.25, 0.3) is 21.6 Å². The minimum Gasteiger partial charge on any atom is -0.350 e. The maximum Gasteiger partial charge on any atom is 0.289 e. The van der Waals surface area contributed by atoms with Crippen LogP contribution in [-0.2, 0) is 10.0 Å². The van der Waals surface area contributed by atoms with Crippen LogP contribution in [0.3, 0.4) is 0 Å². The highest BCUT2D eigenvalue weighted by Crippen LogP contribution is 2.32. The van der Waals surface area contributed by atoms with E-state index in [1.807, 2.05) is 0 Å². The average molecular weight is 382 g/mol. The van der Waals surface area contributed by atoms with Crippen molar-refractivity contribution in [2.24, 2.45) is 0 Å². The van der Waals surface area contributed by atoms with Gasteiger partial charge in [0.1, 0.15) is 5.02 Å². The van der Waals surface area contributed by atoms with Gasteiger partial charge in [-0.15, -0.1) is 0 Å². The molecule has 1 N–H and O–H groups in total. The Labute approximate surface area is 148 Å². The Balaban J connectivity index is 2.15. The summed E-state index contributed by atoms with van der Waals surface area (Å²) in [6.07, 6.45) is 0. The summed E-state index contributed by atoms with van der Waals surface area (Å²) in [5.74, 6) is -0.379. The van der Waals surface area contributed by atoms with Crippen LogP contribution in [0.15, 0.2) is 47.4 Å². The van der Waals surface area contributed by atoms with Crippen molar-refractivity contribution in [2.45, 2.75) is 4.90 Å². The number of nitrogens with zero attached hydrogens (tertiary/aromatic N) is 2. The number of rotatable bonds is 3. The number of hydrogen-bond donors (Lipinski definition) is 1. The van der Waals surface area contributed by atoms with Crippen molar-refractivity contribution in [3.63, 3.8) is 0 Å². The lowest BCUT2D eigenvalue weighted by atomic mass is 10.2. The van der Waals surface area contributed by atoms with Gasteiger partial charge in [-0.05, 0) is 24.3 Å². The lowest BCUT2D eigenvalue weighted by molar-refractivity contribution is -0.384. The van der Waals surface area contributed by atoms with E-state index in [2.05, 4.69) is 5.32 Å². The second kappa shape index (κ2) is 6.34. The number of nitrogens with one attached hydrogen (secondary N) is 1. The van der Waals surface area contributed by atoms with Crippen LogP contribution in [0, 0.1) is 10.1 Å². The third kappa shape index (κ3) is 3.03. The number of hydrogen-bond acceptors (Lipinski definition) is 5. The van der Waals surface area contributed by atoms with E-state index >= 15 is 0 Å². The van der Waals surface area contributed by atoms with Crippen LogP contribution in [0.1, 0.15) is 10.4 Å². The molecule has 1 heterocycles. The monoisotopic (exact) mass is 381 g/mol. The van der Waals surface area contributed by atoms with Crippen LogP contribution in [0.4, 0.5) is 11.4 Å². The average Bonchev–Trinajstić information content (AvgIpc) is 2.74. The Morgan fingerprint density at radius 2 is 1.92 bits per heavy atom. The van der Waals surface area contributed by atoms with Gasteiger partial charge in [-0.25, -0.2) is 8.42 Å². The zero-order chi connectivity index (χ0) is 18.2. The standard InChI is InChI=1S/C15H12ClN3O5S/c16-12-6-5-10(9-14(12)19(21)22)25(23,24)18-8-7-17-15(20)11-3-1-2-4-13(11)18/h1-6,9H,7-8H2,(H,17,20). The molecule has 0 fully saturated rings. The quantitative estimate of drug-likeness (QED) is 0.647. The lowest BCUT2D eigenvalue weighted by Gasteiger charge is -2.23. The maximum atomic E-state index is 13.0. The Morgan fingerprint density at radius 1 is 1.20 bits per heavy atom. The number of para-hydroxylation sites is 1. The smallest absolute Gasteiger partial charge is 0.289 e. The SMILES string of the molecule is O=C1NCCN(S(=O)(=O)c2ccc(Cl)c([N+](=O)[O-])c2)c2ccccc21. The molecule has 0 aliphatic carbocycles. The van der Waals surface area contributed by atoms with Crippen LogP contribution in [0.5, 0.6) is 0 Å². The van der Waals surface area contributed by atoms with Crippen molar-refractivity contribution in [1.82, 2.24) is 5.32 Å². The molecular formula is C15H12ClN3O5S. The largest absolute Gasteiger partial charge is 0.350 e. The highest BCUT2D eigenvalue weighted by molar-refractivity contribution is 7.92. The van der Waals surface area contributed by atoms with E-state index in [4.69, 9.17) is 11.6 Å². The number of carbonyl (C=O) groups excluding carboxylic acids is 1. The topological polar surface area (TPSA) is 110 Å². The van der Waals surface area contributed by atoms with Crippen LogP contribution in [0.2, 0.25) is 5.02 Å². The molecule has 0 saturated carbocycles. The third-order valence-electron chi connectivity index (χ3n) is 3.72. The van der Waals surface area contributed by atoms with E-state index in [1.165, 1.54) is 24.3 Å². The number of halogens is 1. The summed E-state index contributed by atoms with van der Waals surface area (Å²) in [7, 11) is -4.12. The number of nitro groups is 1. The molecule has 1 aliphatic rings. The molecule has 0 spiro atoms. The second-order valence-corrected chi connectivity index (χ2v) is 7.49. The van der Waals surface area contributed by atoms with Crippen LogP contribution in [-0.4, -0.2) is 32.3 Å². The molecule has 0 bridgehead atoms. The number of carbonyl (C=O) groups is 1. The fourth-order valence-corrected chi connectivity index (χ4v) is 4.23. The Kier molecular flexibility index (Phi) is 4.36. The molecule has 2 aromatic rings. The molecule has 2 aromatic carbocycles. The summed E-state index contributed by atoms with van der Waals surface area (Å²) < 4.78 is 27.1. The summed E-state index contributed by atoms with van der Waals surface area (Å²) in [4.78, 5) is 22.1. The van der Waals surface area contributed by atoms with Crippen molar-refractivity contribution in [1.29, 1.82) is 0 Å². The minimum atomic E-state index is -4.12. The van der Waals surface area contributed by atoms with E-state index < -0.39 is 20.6 Å². The first kappa shape index (κ1) is 17.2. The van der Waals surface area contributed by atoms with Crippen molar-refractivity contribution in [3.8, 4) is 0 Å². The number of amides is 1. The van der Waals surface area contributed by atoms with Gasteiger partial charge >= 0.3 is 0 Å². The molecule has 8 nitrogen and oxygen atoms in total. The van der Waals surface area contributed by atoms with Gasteiger partial charge in [-0.2, -0.15) is 0 Å². The van der Waals surface area contributed by atoms with Gasteiger partial charge in [-0.3, -0.25) is 19.2 Å². The molecule has 0 aromatic heterocycles. The molecule has 10 heteroatoms. The highest BCUT2D eigenvalue weighted by atomic mass is 35.5. The highest BCUT2D eigenvalue weighted by Gasteiger charge is 2.31. The first-order chi connectivity index (χ1) is 11.8. The minimum absolute atomic E-state index is 0.00150. The Hall–Kier alpha value is -2.65. The molecule has 0 atom stereocenters. The molecule has 1 amide bonds. The van der Waals surface area contributed by atoms with Crippen molar-refractivity contribution >= 4 is 38.9 Å². The van der Waals surface area contributed by atoms with Gasteiger partial charge in [0.05, 0.1) is 27.6 Å². The summed E-state index contributed by atoms with van der Waals surface area (Å²) in [6.45, 7) is 0.115. The van der Waals surface area contributed by atoms with E-state index in [0.29, 0.717) is 0 Å². The first-order valence-electron chi connectivity index (χ1n) is 7.16. The number of anilines is 1. The number of sulfonamides is 1. The molecular weight excluding hydrogens is 370 g/mol. The number of fused-ring (bicyclic) bond motifs is 1. The van der Waals surface area contributed by atoms with Gasteiger partial charge in [0.2, 0.25) is 0 Å². The summed E-state index contributed by atoms with van der Waals surface area (Å²) in [6, 6.07) is 9.56. The maximum absolute atomic E-state index is 13.0. The molecule has 25 heavy (non-hydrogen) atoms. The zero-order valence-corrected chi connectivity index (χ0v) is 14.2. The molecule has 130 valence electrons. The van der Waals surface area contributed by atoms with Crippen LogP contribution in [0.25, 0.3) is 0 Å². The van der Waals surface area contributed by atoms with Crippen molar-refractivity contribution in [3.05, 3.63) is 63.2 Å². The van der Waals surface area contributed by atoms with Gasteiger partial charge in [-0.1, -0.05) is 23.7 Å². The molecule has 1 aliphatic heterocycles. The Bertz CT molecular complexity index is 977. The zero-order valence-electron chi connectivity index (χ0n) is 12.7. The number of benzene rings is 2. The van der Waals surface area contributed by atoms with Gasteiger partial charge < -0.3 is 5.32 Å². The van der Waals surface area contributed by atoms with Crippen molar-refractivity contribution in [2.75, 3.05) is 17.4 Å². The Morgan fingerprint density at radius 3 is 2.64 bits per heavy atom. The van der Waals surface area contributed by atoms with Crippen LogP contribution < -0.4 is 9.62 Å². The van der Waals surface area contributed by atoms with Gasteiger partial charge in [0, 0.05) is 12.6 Å². The second-order valence-electron chi connectivity index (χ2n) is 5.22. The predicted molar refractivity (Wildman–Crippen MR) is 91.4 cm³/mol. The normalized spacial score (nSPS) is 14.4. The van der Waals surface area contributed by atoms with E-state index in [9.17, 15) is 23.3 Å². The van der Waals surface area contributed by atoms with E-state index in [1.54, 1.807) is 12.1 Å². The van der Waals surface area contributed by atoms with Crippen LogP contribution >= 0.6 is 11.6 Å². The summed E-state index contributed by atoms with van der Waals surface area (Å²) in [5, 5.41) is 13.5. The molecule has 0 radical (unpaired) electrons. The predicted octanol–water partition coefficient (Wildman–Crippen LogP) is 2.19. The first-order valence-corrected chi connectivity index (χ1v) is 8.98.